The van der Waals surface area contributed by atoms with E-state index in [0.717, 1.165) is 43.1 Å². The van der Waals surface area contributed by atoms with Gasteiger partial charge in [-0.2, -0.15) is 0 Å². The van der Waals surface area contributed by atoms with Gasteiger partial charge in [-0.05, 0) is 79.1 Å². The molecule has 4 aromatic rings. The standard InChI is InChI=1S/C40H46F4O2/c1-28(12-8-4-6-10-26-45-33-20-16-31(17-21-33)35-24-14-29(2)37(41)39(35)43)13-9-5-7-11-27-46-34-22-18-32(19-23-34)36-25-15-30(3)38(42)40(36)44/h14-25,28H,4-13,26-27H2,1-3H3. The molecule has 0 amide bonds. The highest BCUT2D eigenvalue weighted by Gasteiger charge is 2.14. The lowest BCUT2D eigenvalue weighted by molar-refractivity contribution is 0.301. The molecule has 46 heavy (non-hydrogen) atoms. The quantitative estimate of drug-likeness (QED) is 0.0801. The molecule has 6 heteroatoms. The predicted molar refractivity (Wildman–Crippen MR) is 179 cm³/mol. The van der Waals surface area contributed by atoms with Crippen molar-refractivity contribution < 1.29 is 27.0 Å². The first-order valence-electron chi connectivity index (χ1n) is 16.6. The van der Waals surface area contributed by atoms with Gasteiger partial charge in [-0.3, -0.25) is 0 Å². The van der Waals surface area contributed by atoms with Gasteiger partial charge < -0.3 is 9.47 Å². The summed E-state index contributed by atoms with van der Waals surface area (Å²) in [5.41, 5.74) is 2.37. The maximum absolute atomic E-state index is 14.3. The summed E-state index contributed by atoms with van der Waals surface area (Å²) in [7, 11) is 0. The first-order chi connectivity index (χ1) is 22.2. The van der Waals surface area contributed by atoms with Crippen LogP contribution in [0.3, 0.4) is 0 Å². The SMILES string of the molecule is Cc1ccc(-c2ccc(OCCCCCCC(C)CCCCCCOc3ccc(-c4ccc(C)c(F)c4F)cc3)cc2)c(F)c1F. The number of unbranched alkanes of at least 4 members (excludes halogenated alkanes) is 6. The molecule has 0 aliphatic carbocycles. The van der Waals surface area contributed by atoms with Gasteiger partial charge in [0.1, 0.15) is 11.5 Å². The molecule has 2 nitrogen and oxygen atoms in total. The van der Waals surface area contributed by atoms with E-state index in [2.05, 4.69) is 6.92 Å². The molecule has 0 saturated carbocycles. The van der Waals surface area contributed by atoms with Crippen molar-refractivity contribution in [3.05, 3.63) is 107 Å². The third kappa shape index (κ3) is 10.1. The average molecular weight is 635 g/mol. The number of rotatable bonds is 18. The lowest BCUT2D eigenvalue weighted by atomic mass is 9.96. The number of benzene rings is 4. The number of hydrogen-bond donors (Lipinski definition) is 0. The van der Waals surface area contributed by atoms with Crippen LogP contribution < -0.4 is 9.47 Å². The van der Waals surface area contributed by atoms with Gasteiger partial charge in [0.15, 0.2) is 23.3 Å². The van der Waals surface area contributed by atoms with Crippen molar-refractivity contribution in [1.29, 1.82) is 0 Å². The molecule has 0 bridgehead atoms. The molecule has 0 atom stereocenters. The highest BCUT2D eigenvalue weighted by atomic mass is 19.2. The van der Waals surface area contributed by atoms with Gasteiger partial charge in [0, 0.05) is 11.1 Å². The summed E-state index contributed by atoms with van der Waals surface area (Å²) in [5.74, 6) is -1.03. The number of ether oxygens (including phenoxy) is 2. The summed E-state index contributed by atoms with van der Waals surface area (Å²) < 4.78 is 68.0. The van der Waals surface area contributed by atoms with E-state index < -0.39 is 23.3 Å². The van der Waals surface area contributed by atoms with Crippen molar-refractivity contribution in [2.75, 3.05) is 13.2 Å². The first-order valence-corrected chi connectivity index (χ1v) is 16.6. The molecular weight excluding hydrogens is 588 g/mol. The molecule has 0 spiro atoms. The molecule has 0 heterocycles. The number of aryl methyl sites for hydroxylation is 2. The highest BCUT2D eigenvalue weighted by Crippen LogP contribution is 2.29. The molecule has 0 N–H and O–H groups in total. The fraction of sp³-hybridized carbons (Fsp3) is 0.400. The van der Waals surface area contributed by atoms with Gasteiger partial charge in [0.05, 0.1) is 13.2 Å². The summed E-state index contributed by atoms with van der Waals surface area (Å²) in [6.07, 6.45) is 11.6. The third-order valence-corrected chi connectivity index (χ3v) is 8.60. The van der Waals surface area contributed by atoms with Gasteiger partial charge in [0.2, 0.25) is 0 Å². The van der Waals surface area contributed by atoms with E-state index in [1.54, 1.807) is 62.4 Å². The van der Waals surface area contributed by atoms with Crippen molar-refractivity contribution in [3.8, 4) is 33.8 Å². The van der Waals surface area contributed by atoms with E-state index in [0.29, 0.717) is 35.5 Å². The lowest BCUT2D eigenvalue weighted by Crippen LogP contribution is -1.99. The summed E-state index contributed by atoms with van der Waals surface area (Å²) in [4.78, 5) is 0. The highest BCUT2D eigenvalue weighted by molar-refractivity contribution is 5.66. The Morgan fingerprint density at radius 2 is 0.826 bits per heavy atom. The van der Waals surface area contributed by atoms with Crippen molar-refractivity contribution >= 4 is 0 Å². The minimum absolute atomic E-state index is 0.258. The van der Waals surface area contributed by atoms with Crippen LogP contribution >= 0.6 is 0 Å². The molecule has 4 rings (SSSR count). The van der Waals surface area contributed by atoms with Crippen LogP contribution in [0.4, 0.5) is 17.6 Å². The summed E-state index contributed by atoms with van der Waals surface area (Å²) in [6, 6.07) is 20.7. The average Bonchev–Trinajstić information content (AvgIpc) is 3.06. The smallest absolute Gasteiger partial charge is 0.166 e. The van der Waals surface area contributed by atoms with Crippen LogP contribution in [0.25, 0.3) is 22.3 Å². The summed E-state index contributed by atoms with van der Waals surface area (Å²) in [6.45, 7) is 6.74. The lowest BCUT2D eigenvalue weighted by Gasteiger charge is -2.12. The van der Waals surface area contributed by atoms with Crippen LogP contribution in [0.5, 0.6) is 11.5 Å². The normalized spacial score (nSPS) is 11.3. The van der Waals surface area contributed by atoms with Crippen molar-refractivity contribution in [1.82, 2.24) is 0 Å². The van der Waals surface area contributed by atoms with E-state index in [1.165, 1.54) is 38.5 Å². The maximum Gasteiger partial charge on any atom is 0.166 e. The first kappa shape index (κ1) is 35.1. The Morgan fingerprint density at radius 3 is 1.22 bits per heavy atom. The zero-order valence-electron chi connectivity index (χ0n) is 27.3. The fourth-order valence-corrected chi connectivity index (χ4v) is 5.62. The predicted octanol–water partition coefficient (Wildman–Crippen LogP) is 12.2. The largest absolute Gasteiger partial charge is 0.494 e. The zero-order valence-corrected chi connectivity index (χ0v) is 27.3. The van der Waals surface area contributed by atoms with Gasteiger partial charge in [0.25, 0.3) is 0 Å². The van der Waals surface area contributed by atoms with Crippen LogP contribution in [0.1, 0.15) is 82.3 Å². The van der Waals surface area contributed by atoms with E-state index in [4.69, 9.17) is 9.47 Å². The Balaban J connectivity index is 0.989. The van der Waals surface area contributed by atoms with E-state index in [9.17, 15) is 17.6 Å². The third-order valence-electron chi connectivity index (χ3n) is 8.60. The molecular formula is C40H46F4O2. The zero-order chi connectivity index (χ0) is 32.9. The van der Waals surface area contributed by atoms with Crippen molar-refractivity contribution in [2.24, 2.45) is 5.92 Å². The molecule has 0 unspecified atom stereocenters. The van der Waals surface area contributed by atoms with Gasteiger partial charge in [-0.1, -0.05) is 107 Å². The van der Waals surface area contributed by atoms with E-state index in [-0.39, 0.29) is 11.1 Å². The summed E-state index contributed by atoms with van der Waals surface area (Å²) in [5, 5.41) is 0. The molecule has 0 aliphatic heterocycles. The van der Waals surface area contributed by atoms with Gasteiger partial charge in [-0.25, -0.2) is 17.6 Å². The van der Waals surface area contributed by atoms with Crippen molar-refractivity contribution in [2.45, 2.75) is 85.0 Å². The van der Waals surface area contributed by atoms with E-state index >= 15 is 0 Å². The Bertz CT molecular complexity index is 1400. The monoisotopic (exact) mass is 634 g/mol. The molecule has 0 fully saturated rings. The maximum atomic E-state index is 14.3. The van der Waals surface area contributed by atoms with Crippen LogP contribution in [0.15, 0.2) is 72.8 Å². The Kier molecular flexibility index (Phi) is 13.5. The molecule has 0 aliphatic rings. The second kappa shape index (κ2) is 17.8. The van der Waals surface area contributed by atoms with Gasteiger partial charge in [-0.15, -0.1) is 0 Å². The van der Waals surface area contributed by atoms with Crippen LogP contribution in [-0.2, 0) is 0 Å². The molecule has 246 valence electrons. The number of halogens is 4. The van der Waals surface area contributed by atoms with Gasteiger partial charge >= 0.3 is 0 Å². The Morgan fingerprint density at radius 1 is 0.457 bits per heavy atom. The molecule has 0 radical (unpaired) electrons. The Labute approximate surface area is 271 Å². The Hall–Kier alpha value is -3.80. The van der Waals surface area contributed by atoms with Crippen LogP contribution in [0, 0.1) is 43.0 Å². The second-order valence-electron chi connectivity index (χ2n) is 12.4. The van der Waals surface area contributed by atoms with Crippen LogP contribution in [-0.4, -0.2) is 13.2 Å². The minimum atomic E-state index is -0.815. The van der Waals surface area contributed by atoms with Crippen LogP contribution in [0.2, 0.25) is 0 Å². The molecule has 0 aromatic heterocycles. The molecule has 4 aromatic carbocycles. The minimum Gasteiger partial charge on any atom is -0.494 e. The topological polar surface area (TPSA) is 18.5 Å². The fourth-order valence-electron chi connectivity index (χ4n) is 5.62. The second-order valence-corrected chi connectivity index (χ2v) is 12.4. The molecule has 0 saturated heterocycles. The summed E-state index contributed by atoms with van der Waals surface area (Å²) >= 11 is 0. The van der Waals surface area contributed by atoms with Crippen molar-refractivity contribution in [3.63, 3.8) is 0 Å². The number of hydrogen-bond acceptors (Lipinski definition) is 2. The van der Waals surface area contributed by atoms with E-state index in [1.807, 2.05) is 24.3 Å².